The quantitative estimate of drug-likeness (QED) is 0.0272. The fourth-order valence-electron chi connectivity index (χ4n) is 8.12. The Morgan fingerprint density at radius 1 is 0.852 bits per heavy atom. The number of carbonyl (C=O) groups excluding carboxylic acids is 2. The molecule has 0 saturated heterocycles. The van der Waals surface area contributed by atoms with Crippen LogP contribution in [0.1, 0.15) is 76.7 Å². The maximum atomic E-state index is 16.2. The highest BCUT2D eigenvalue weighted by atomic mass is 32.2. The smallest absolute Gasteiger partial charge is 0.422 e. The van der Waals surface area contributed by atoms with Gasteiger partial charge in [-0.1, -0.05) is 25.3 Å². The van der Waals surface area contributed by atoms with Gasteiger partial charge in [0.25, 0.3) is 0 Å². The van der Waals surface area contributed by atoms with Gasteiger partial charge in [-0.2, -0.15) is 13.2 Å². The third-order valence-corrected chi connectivity index (χ3v) is 12.5. The maximum Gasteiger partial charge on any atom is 0.422 e. The monoisotopic (exact) mass is 869 g/mol. The lowest BCUT2D eigenvalue weighted by atomic mass is 9.70. The van der Waals surface area contributed by atoms with Gasteiger partial charge in [-0.05, 0) is 129 Å². The van der Waals surface area contributed by atoms with Crippen LogP contribution in [0.5, 0.6) is 23.0 Å². The molecule has 2 aliphatic carbocycles. The van der Waals surface area contributed by atoms with Crippen molar-refractivity contribution in [1.29, 1.82) is 0 Å². The van der Waals surface area contributed by atoms with Gasteiger partial charge in [-0.3, -0.25) is 9.79 Å². The lowest BCUT2D eigenvalue weighted by Crippen LogP contribution is -2.31. The summed E-state index contributed by atoms with van der Waals surface area (Å²) in [6, 6.07) is 12.4. The number of carbonyl (C=O) groups is 2. The first-order chi connectivity index (χ1) is 29.3. The summed E-state index contributed by atoms with van der Waals surface area (Å²) in [5, 5.41) is 0.706. The Hall–Kier alpha value is -5.02. The van der Waals surface area contributed by atoms with E-state index < -0.39 is 47.1 Å². The third kappa shape index (κ3) is 10.7. The van der Waals surface area contributed by atoms with Gasteiger partial charge in [0.2, 0.25) is 0 Å². The number of hydrogen-bond donors (Lipinski definition) is 0. The van der Waals surface area contributed by atoms with Crippen LogP contribution in [0.25, 0.3) is 10.8 Å². The lowest BCUT2D eigenvalue weighted by molar-refractivity contribution is -0.150. The molecule has 3 aliphatic rings. The maximum absolute atomic E-state index is 16.2. The first-order valence-electron chi connectivity index (χ1n) is 20.5. The number of alkyl halides is 3. The highest BCUT2D eigenvalue weighted by molar-refractivity contribution is 7.99. The predicted molar refractivity (Wildman–Crippen MR) is 217 cm³/mol. The van der Waals surface area contributed by atoms with E-state index in [1.165, 1.54) is 48.7 Å². The second-order valence-electron chi connectivity index (χ2n) is 15.5. The van der Waals surface area contributed by atoms with Crippen molar-refractivity contribution in [2.75, 3.05) is 19.8 Å². The number of halogens is 6. The van der Waals surface area contributed by atoms with Gasteiger partial charge >= 0.3 is 18.1 Å². The molecule has 15 heteroatoms. The Bertz CT molecular complexity index is 2300. The van der Waals surface area contributed by atoms with Crippen LogP contribution in [0, 0.1) is 35.2 Å². The summed E-state index contributed by atoms with van der Waals surface area (Å²) in [6.07, 6.45) is 4.93. The minimum absolute atomic E-state index is 0.0458. The average Bonchev–Trinajstić information content (AvgIpc) is 3.24. The van der Waals surface area contributed by atoms with Crippen LogP contribution >= 0.6 is 11.8 Å². The lowest BCUT2D eigenvalue weighted by Gasteiger charge is -2.37. The molecular weight excluding hydrogens is 825 g/mol. The highest BCUT2D eigenvalue weighted by Crippen LogP contribution is 2.49. The zero-order valence-corrected chi connectivity index (χ0v) is 34.3. The molecule has 0 amide bonds. The van der Waals surface area contributed by atoms with Crippen molar-refractivity contribution in [3.8, 4) is 23.0 Å². The Morgan fingerprint density at radius 2 is 1.57 bits per heavy atom. The van der Waals surface area contributed by atoms with Crippen molar-refractivity contribution in [3.63, 3.8) is 0 Å². The Labute approximate surface area is 353 Å². The van der Waals surface area contributed by atoms with Crippen LogP contribution < -0.4 is 14.2 Å². The number of benzene rings is 4. The van der Waals surface area contributed by atoms with Gasteiger partial charge in [0.1, 0.15) is 40.1 Å². The van der Waals surface area contributed by atoms with Gasteiger partial charge in [-0.25, -0.2) is 18.0 Å². The molecular formula is C46H45F6NO7S. The summed E-state index contributed by atoms with van der Waals surface area (Å²) in [6.45, 7) is 5.18. The number of hydrogen-bond acceptors (Lipinski definition) is 9. The molecule has 4 aromatic carbocycles. The van der Waals surface area contributed by atoms with Crippen molar-refractivity contribution in [1.82, 2.24) is 0 Å². The van der Waals surface area contributed by atoms with E-state index in [9.17, 15) is 27.2 Å². The molecule has 0 atom stereocenters. The number of aliphatic imine (C=N–C) groups is 1. The number of rotatable bonds is 14. The largest absolute Gasteiger partial charge is 0.493 e. The summed E-state index contributed by atoms with van der Waals surface area (Å²) in [5.41, 5.74) is -1.70. The predicted octanol–water partition coefficient (Wildman–Crippen LogP) is 12.4. The number of fused-ring (bicyclic) bond motifs is 3. The fourth-order valence-corrected chi connectivity index (χ4v) is 9.10. The second-order valence-corrected chi connectivity index (χ2v) is 16.6. The highest BCUT2D eigenvalue weighted by Gasteiger charge is 2.38. The van der Waals surface area contributed by atoms with Crippen LogP contribution in [0.15, 0.2) is 81.5 Å². The molecule has 7 rings (SSSR count). The molecule has 0 unspecified atom stereocenters. The normalized spacial score (nSPS) is 20.1. The molecule has 0 bridgehead atoms. The molecule has 324 valence electrons. The zero-order chi connectivity index (χ0) is 43.3. The van der Waals surface area contributed by atoms with E-state index in [4.69, 9.17) is 18.9 Å². The van der Waals surface area contributed by atoms with Crippen LogP contribution in [0.4, 0.5) is 32.0 Å². The van der Waals surface area contributed by atoms with Crippen LogP contribution in [-0.2, 0) is 19.1 Å². The van der Waals surface area contributed by atoms with Crippen LogP contribution in [-0.4, -0.2) is 50.3 Å². The molecule has 61 heavy (non-hydrogen) atoms. The summed E-state index contributed by atoms with van der Waals surface area (Å²) in [7, 11) is 0. The second kappa shape index (κ2) is 19.4. The van der Waals surface area contributed by atoms with Crippen molar-refractivity contribution in [2.24, 2.45) is 22.7 Å². The fraction of sp³-hybridized carbons (Fsp3) is 0.413. The van der Waals surface area contributed by atoms with E-state index in [1.807, 2.05) is 0 Å². The zero-order valence-electron chi connectivity index (χ0n) is 33.5. The van der Waals surface area contributed by atoms with Crippen LogP contribution in [0.2, 0.25) is 0 Å². The Morgan fingerprint density at radius 3 is 2.30 bits per heavy atom. The minimum Gasteiger partial charge on any atom is -0.493 e. The first kappa shape index (κ1) is 44.0. The molecule has 0 aromatic heterocycles. The topological polar surface area (TPSA) is 92.7 Å². The van der Waals surface area contributed by atoms with Crippen LogP contribution in [0.3, 0.4) is 0 Å². The van der Waals surface area contributed by atoms with E-state index in [0.717, 1.165) is 63.3 Å². The molecule has 2 fully saturated rings. The number of nitrogens with zero attached hydrogens (tertiary/aromatic N) is 1. The average molecular weight is 870 g/mol. The molecule has 1 aliphatic heterocycles. The van der Waals surface area contributed by atoms with Crippen molar-refractivity contribution in [3.05, 3.63) is 89.8 Å². The molecule has 1 heterocycles. The Balaban J connectivity index is 1.08. The van der Waals surface area contributed by atoms with Gasteiger partial charge in [-0.15, -0.1) is 0 Å². The van der Waals surface area contributed by atoms with Crippen molar-refractivity contribution < 1.29 is 59.6 Å². The van der Waals surface area contributed by atoms with Crippen molar-refractivity contribution in [2.45, 2.75) is 93.2 Å². The van der Waals surface area contributed by atoms with Gasteiger partial charge in [0, 0.05) is 30.9 Å². The summed E-state index contributed by atoms with van der Waals surface area (Å²) < 4.78 is 112. The number of ether oxygens (including phenoxy) is 5. The molecule has 2 saturated carbocycles. The van der Waals surface area contributed by atoms with E-state index in [0.29, 0.717) is 57.1 Å². The first-order valence-corrected chi connectivity index (χ1v) is 21.3. The number of esters is 2. The van der Waals surface area contributed by atoms with Crippen molar-refractivity contribution >= 4 is 46.4 Å². The molecule has 8 nitrogen and oxygen atoms in total. The summed E-state index contributed by atoms with van der Waals surface area (Å²) >= 11 is 1.14. The van der Waals surface area contributed by atoms with Gasteiger partial charge < -0.3 is 23.7 Å². The third-order valence-electron chi connectivity index (χ3n) is 11.4. The molecule has 0 N–H and O–H groups in total. The summed E-state index contributed by atoms with van der Waals surface area (Å²) in [4.78, 5) is 30.6. The summed E-state index contributed by atoms with van der Waals surface area (Å²) in [5.74, 6) is -3.01. The minimum atomic E-state index is -4.91. The van der Waals surface area contributed by atoms with Gasteiger partial charge in [0.15, 0.2) is 11.6 Å². The molecule has 4 aromatic rings. The SMILES string of the molecule is C=C(C(=O)OCCCOc1ccc2c(C=Nc3cc4c(cc3F)Sc3cc(F)ccc3O4)c(OC(=O)C3CCC(C4CCC(OCCC)CC4)CC3)c(F)cc2c1)C(F)(F)F. The van der Waals surface area contributed by atoms with E-state index in [-0.39, 0.29) is 48.1 Å². The molecule has 0 spiro atoms. The van der Waals surface area contributed by atoms with E-state index in [1.54, 1.807) is 12.1 Å². The van der Waals surface area contributed by atoms with Gasteiger partial charge in [0.05, 0.1) is 35.0 Å². The van der Waals surface area contributed by atoms with E-state index in [2.05, 4.69) is 23.2 Å². The molecule has 0 radical (unpaired) electrons. The van der Waals surface area contributed by atoms with E-state index >= 15 is 8.78 Å². The Kier molecular flexibility index (Phi) is 14.0. The standard InChI is InChI=1S/C46H45F6NO7S/c1-3-17-56-32-12-9-28(10-13-32)27-5-7-29(8-6-27)45(55)60-43-35(25-53-38-24-40-42(23-36(38)48)61-41-22-31(47)11-16-39(41)59-40)34-15-14-33(20-30(34)21-37(43)49)57-18-4-19-58-44(54)26(2)46(50,51)52/h11,14-16,20-25,27-29,32H,2-10,12-13,17-19H2,1H3.